The molecule has 1 saturated heterocycles. The molecule has 1 aromatic rings. The van der Waals surface area contributed by atoms with Crippen LogP contribution in [0.25, 0.3) is 0 Å². The van der Waals surface area contributed by atoms with Gasteiger partial charge in [0, 0.05) is 31.9 Å². The van der Waals surface area contributed by atoms with Crippen LogP contribution in [0.5, 0.6) is 0 Å². The summed E-state index contributed by atoms with van der Waals surface area (Å²) in [6.45, 7) is 6.74. The number of anilines is 1. The fourth-order valence-electron chi connectivity index (χ4n) is 2.21. The predicted molar refractivity (Wildman–Crippen MR) is 70.1 cm³/mol. The number of nitrogens with one attached hydrogen (secondary N) is 1. The second kappa shape index (κ2) is 5.90. The molecule has 2 heteroatoms. The molecule has 0 bridgehead atoms. The third-order valence-corrected chi connectivity index (χ3v) is 3.21. The fraction of sp³-hybridized carbons (Fsp3) is 0.571. The van der Waals surface area contributed by atoms with E-state index in [4.69, 9.17) is 0 Å². The maximum atomic E-state index is 3.39. The van der Waals surface area contributed by atoms with Crippen molar-refractivity contribution >= 4 is 5.69 Å². The summed E-state index contributed by atoms with van der Waals surface area (Å²) in [5.41, 5.74) is 2.88. The standard InChI is InChI=1S/C14H22N2/c1-2-3-5-13-6-4-7-14(12-13)16-10-8-15-9-11-16/h4,6-7,12,15H,2-3,5,8-11H2,1H3. The van der Waals surface area contributed by atoms with Gasteiger partial charge >= 0.3 is 0 Å². The Bertz CT molecular complexity index is 316. The van der Waals surface area contributed by atoms with Crippen LogP contribution in [0.2, 0.25) is 0 Å². The number of piperazine rings is 1. The second-order valence-electron chi connectivity index (χ2n) is 4.51. The van der Waals surface area contributed by atoms with Crippen LogP contribution < -0.4 is 10.2 Å². The van der Waals surface area contributed by atoms with E-state index in [1.807, 2.05) is 0 Å². The van der Waals surface area contributed by atoms with E-state index in [1.165, 1.54) is 30.5 Å². The average Bonchev–Trinajstić information content (AvgIpc) is 2.38. The summed E-state index contributed by atoms with van der Waals surface area (Å²) in [5.74, 6) is 0. The van der Waals surface area contributed by atoms with Crippen LogP contribution in [0.3, 0.4) is 0 Å². The van der Waals surface area contributed by atoms with Crippen molar-refractivity contribution in [3.63, 3.8) is 0 Å². The molecule has 2 rings (SSSR count). The van der Waals surface area contributed by atoms with Gasteiger partial charge in [0.1, 0.15) is 0 Å². The van der Waals surface area contributed by atoms with Crippen molar-refractivity contribution in [1.29, 1.82) is 0 Å². The molecule has 88 valence electrons. The predicted octanol–water partition coefficient (Wildman–Crippen LogP) is 2.44. The minimum atomic E-state index is 1.11. The Kier molecular flexibility index (Phi) is 4.23. The number of benzene rings is 1. The van der Waals surface area contributed by atoms with Crippen molar-refractivity contribution in [3.05, 3.63) is 29.8 Å². The first-order valence-corrected chi connectivity index (χ1v) is 6.45. The van der Waals surface area contributed by atoms with Crippen molar-refractivity contribution in [2.24, 2.45) is 0 Å². The Morgan fingerprint density at radius 2 is 2.06 bits per heavy atom. The van der Waals surface area contributed by atoms with Gasteiger partial charge in [-0.25, -0.2) is 0 Å². The molecule has 0 unspecified atom stereocenters. The summed E-state index contributed by atoms with van der Waals surface area (Å²) in [6, 6.07) is 9.05. The molecule has 0 radical (unpaired) electrons. The SMILES string of the molecule is CCCCc1cccc(N2CCNCC2)c1. The fourth-order valence-corrected chi connectivity index (χ4v) is 2.21. The number of hydrogen-bond acceptors (Lipinski definition) is 2. The van der Waals surface area contributed by atoms with E-state index in [1.54, 1.807) is 0 Å². The van der Waals surface area contributed by atoms with Crippen LogP contribution in [0.15, 0.2) is 24.3 Å². The van der Waals surface area contributed by atoms with Gasteiger partial charge in [0.2, 0.25) is 0 Å². The van der Waals surface area contributed by atoms with E-state index in [-0.39, 0.29) is 0 Å². The minimum Gasteiger partial charge on any atom is -0.369 e. The quantitative estimate of drug-likeness (QED) is 0.835. The largest absolute Gasteiger partial charge is 0.369 e. The summed E-state index contributed by atoms with van der Waals surface area (Å²) in [5, 5.41) is 3.39. The Morgan fingerprint density at radius 1 is 1.25 bits per heavy atom. The maximum Gasteiger partial charge on any atom is 0.0369 e. The molecule has 0 aliphatic carbocycles. The minimum absolute atomic E-state index is 1.11. The zero-order valence-corrected chi connectivity index (χ0v) is 10.2. The Morgan fingerprint density at radius 3 is 2.81 bits per heavy atom. The van der Waals surface area contributed by atoms with Crippen molar-refractivity contribution in [3.8, 4) is 0 Å². The Labute approximate surface area is 98.7 Å². The van der Waals surface area contributed by atoms with E-state index >= 15 is 0 Å². The van der Waals surface area contributed by atoms with Crippen LogP contribution >= 0.6 is 0 Å². The monoisotopic (exact) mass is 218 g/mol. The van der Waals surface area contributed by atoms with Gasteiger partial charge < -0.3 is 10.2 Å². The van der Waals surface area contributed by atoms with E-state index in [9.17, 15) is 0 Å². The smallest absolute Gasteiger partial charge is 0.0369 e. The highest BCUT2D eigenvalue weighted by atomic mass is 15.2. The molecule has 0 saturated carbocycles. The Hall–Kier alpha value is -1.02. The highest BCUT2D eigenvalue weighted by Crippen LogP contribution is 2.17. The molecule has 1 N–H and O–H groups in total. The van der Waals surface area contributed by atoms with E-state index in [0.29, 0.717) is 0 Å². The van der Waals surface area contributed by atoms with Crippen molar-refractivity contribution in [2.75, 3.05) is 31.1 Å². The molecular weight excluding hydrogens is 196 g/mol. The molecule has 0 amide bonds. The summed E-state index contributed by atoms with van der Waals surface area (Å²) in [4.78, 5) is 2.48. The molecule has 0 aromatic heterocycles. The summed E-state index contributed by atoms with van der Waals surface area (Å²) < 4.78 is 0. The first-order valence-electron chi connectivity index (χ1n) is 6.45. The Balaban J connectivity index is 2.02. The van der Waals surface area contributed by atoms with Gasteiger partial charge in [0.15, 0.2) is 0 Å². The number of nitrogens with zero attached hydrogens (tertiary/aromatic N) is 1. The first-order chi connectivity index (χ1) is 7.90. The van der Waals surface area contributed by atoms with Crippen molar-refractivity contribution in [2.45, 2.75) is 26.2 Å². The van der Waals surface area contributed by atoms with Crippen molar-refractivity contribution < 1.29 is 0 Å². The number of aryl methyl sites for hydroxylation is 1. The lowest BCUT2D eigenvalue weighted by atomic mass is 10.1. The molecule has 1 aliphatic heterocycles. The molecule has 0 atom stereocenters. The van der Waals surface area contributed by atoms with Crippen molar-refractivity contribution in [1.82, 2.24) is 5.32 Å². The lowest BCUT2D eigenvalue weighted by molar-refractivity contribution is 0.589. The van der Waals surface area contributed by atoms with Gasteiger partial charge in [-0.05, 0) is 30.5 Å². The van der Waals surface area contributed by atoms with Gasteiger partial charge in [-0.1, -0.05) is 25.5 Å². The van der Waals surface area contributed by atoms with Gasteiger partial charge in [-0.2, -0.15) is 0 Å². The van der Waals surface area contributed by atoms with E-state index < -0.39 is 0 Å². The van der Waals surface area contributed by atoms with E-state index in [0.717, 1.165) is 26.2 Å². The molecular formula is C14H22N2. The van der Waals surface area contributed by atoms with Crippen LogP contribution in [0, 0.1) is 0 Å². The van der Waals surface area contributed by atoms with Crippen LogP contribution in [0.1, 0.15) is 25.3 Å². The topological polar surface area (TPSA) is 15.3 Å². The van der Waals surface area contributed by atoms with Gasteiger partial charge in [-0.15, -0.1) is 0 Å². The maximum absolute atomic E-state index is 3.39. The molecule has 1 aromatic carbocycles. The highest BCUT2D eigenvalue weighted by Gasteiger charge is 2.10. The summed E-state index contributed by atoms with van der Waals surface area (Å²) in [7, 11) is 0. The molecule has 1 fully saturated rings. The summed E-state index contributed by atoms with van der Waals surface area (Å²) >= 11 is 0. The number of rotatable bonds is 4. The first kappa shape index (κ1) is 11.5. The number of hydrogen-bond donors (Lipinski definition) is 1. The van der Waals surface area contributed by atoms with Gasteiger partial charge in [-0.3, -0.25) is 0 Å². The molecule has 1 aliphatic rings. The third-order valence-electron chi connectivity index (χ3n) is 3.21. The zero-order chi connectivity index (χ0) is 11.2. The average molecular weight is 218 g/mol. The number of unbranched alkanes of at least 4 members (excludes halogenated alkanes) is 1. The van der Waals surface area contributed by atoms with Crippen LogP contribution in [-0.4, -0.2) is 26.2 Å². The van der Waals surface area contributed by atoms with E-state index in [2.05, 4.69) is 41.4 Å². The summed E-state index contributed by atoms with van der Waals surface area (Å²) in [6.07, 6.45) is 3.79. The molecule has 2 nitrogen and oxygen atoms in total. The van der Waals surface area contributed by atoms with Gasteiger partial charge in [0.05, 0.1) is 0 Å². The lowest BCUT2D eigenvalue weighted by Gasteiger charge is -2.29. The molecule has 1 heterocycles. The zero-order valence-electron chi connectivity index (χ0n) is 10.2. The van der Waals surface area contributed by atoms with Gasteiger partial charge in [0.25, 0.3) is 0 Å². The van der Waals surface area contributed by atoms with Crippen LogP contribution in [0.4, 0.5) is 5.69 Å². The lowest BCUT2D eigenvalue weighted by Crippen LogP contribution is -2.43. The highest BCUT2D eigenvalue weighted by molar-refractivity contribution is 5.49. The third kappa shape index (κ3) is 2.99. The normalized spacial score (nSPS) is 16.4. The molecule has 16 heavy (non-hydrogen) atoms. The molecule has 0 spiro atoms. The second-order valence-corrected chi connectivity index (χ2v) is 4.51. The van der Waals surface area contributed by atoms with Crippen LogP contribution in [-0.2, 0) is 6.42 Å².